The first-order chi connectivity index (χ1) is 15.5. The van der Waals surface area contributed by atoms with Crippen LogP contribution in [-0.4, -0.2) is 39.2 Å². The molecule has 9 heteroatoms. The van der Waals surface area contributed by atoms with E-state index in [1.807, 2.05) is 24.3 Å². The summed E-state index contributed by atoms with van der Waals surface area (Å²) in [5.41, 5.74) is 8.16. The lowest BCUT2D eigenvalue weighted by atomic mass is 10.1. The summed E-state index contributed by atoms with van der Waals surface area (Å²) in [6.07, 6.45) is 3.05. The molecule has 0 aliphatic rings. The molecular formula is C23H21N5O4. The highest BCUT2D eigenvalue weighted by Crippen LogP contribution is 2.18. The molecule has 2 amide bonds. The van der Waals surface area contributed by atoms with E-state index in [0.717, 1.165) is 10.9 Å². The van der Waals surface area contributed by atoms with Crippen molar-refractivity contribution < 1.29 is 19.1 Å². The number of fused-ring (bicyclic) bond motifs is 1. The zero-order valence-electron chi connectivity index (χ0n) is 17.5. The molecule has 0 radical (unpaired) electrons. The number of H-pyrrole nitrogens is 1. The van der Waals surface area contributed by atoms with Gasteiger partial charge in [0.25, 0.3) is 11.8 Å². The number of nitrogens with zero attached hydrogens (tertiary/aromatic N) is 2. The largest absolute Gasteiger partial charge is 0.462 e. The molecule has 0 saturated heterocycles. The number of hydrogen-bond acceptors (Lipinski definition) is 5. The van der Waals surface area contributed by atoms with Crippen LogP contribution in [0.1, 0.15) is 43.7 Å². The van der Waals surface area contributed by atoms with Gasteiger partial charge in [-0.1, -0.05) is 18.2 Å². The molecule has 4 aromatic rings. The fourth-order valence-electron chi connectivity index (χ4n) is 3.35. The predicted molar refractivity (Wildman–Crippen MR) is 117 cm³/mol. The number of aromatic amines is 1. The fraction of sp³-hybridized carbons (Fsp3) is 0.130. The maximum Gasteiger partial charge on any atom is 0.341 e. The van der Waals surface area contributed by atoms with Gasteiger partial charge in [0, 0.05) is 22.7 Å². The second-order valence-corrected chi connectivity index (χ2v) is 6.98. The Kier molecular flexibility index (Phi) is 5.71. The lowest BCUT2D eigenvalue weighted by Gasteiger charge is -2.09. The van der Waals surface area contributed by atoms with Crippen molar-refractivity contribution in [1.82, 2.24) is 25.6 Å². The number of amides is 2. The SMILES string of the molecule is CCOC(=O)c1cnn(-c2ccc(C(=O)NNC(=O)c3c[nH]c4ccccc34)cc2)c1C. The lowest BCUT2D eigenvalue weighted by Crippen LogP contribution is -2.41. The summed E-state index contributed by atoms with van der Waals surface area (Å²) in [5.74, 6) is -1.32. The van der Waals surface area contributed by atoms with E-state index in [4.69, 9.17) is 4.74 Å². The number of rotatable bonds is 5. The molecule has 0 unspecified atom stereocenters. The fourth-order valence-corrected chi connectivity index (χ4v) is 3.35. The Hall–Kier alpha value is -4.40. The Morgan fingerprint density at radius 2 is 1.72 bits per heavy atom. The first-order valence-corrected chi connectivity index (χ1v) is 9.98. The van der Waals surface area contributed by atoms with Gasteiger partial charge < -0.3 is 9.72 Å². The first-order valence-electron chi connectivity index (χ1n) is 9.98. The van der Waals surface area contributed by atoms with Gasteiger partial charge in [0.15, 0.2) is 0 Å². The van der Waals surface area contributed by atoms with Crippen molar-refractivity contribution >= 4 is 28.7 Å². The first kappa shape index (κ1) is 20.9. The molecule has 0 spiro atoms. The van der Waals surface area contributed by atoms with Gasteiger partial charge in [0.2, 0.25) is 0 Å². The van der Waals surface area contributed by atoms with E-state index >= 15 is 0 Å². The third-order valence-corrected chi connectivity index (χ3v) is 5.00. The van der Waals surface area contributed by atoms with E-state index in [1.54, 1.807) is 49.0 Å². The van der Waals surface area contributed by atoms with E-state index in [0.29, 0.717) is 28.1 Å². The predicted octanol–water partition coefficient (Wildman–Crippen LogP) is 2.91. The van der Waals surface area contributed by atoms with Crippen LogP contribution < -0.4 is 10.9 Å². The standard InChI is InChI=1S/C23H21N5O4/c1-3-32-23(31)18-13-25-28(14(18)2)16-10-8-15(9-11-16)21(29)26-27-22(30)19-12-24-20-7-5-4-6-17(19)20/h4-13,24H,3H2,1-2H3,(H,26,29)(H,27,30). The van der Waals surface area contributed by atoms with Crippen molar-refractivity contribution in [1.29, 1.82) is 0 Å². The van der Waals surface area contributed by atoms with Crippen LogP contribution in [0.3, 0.4) is 0 Å². The van der Waals surface area contributed by atoms with Crippen molar-refractivity contribution in [2.45, 2.75) is 13.8 Å². The molecule has 0 aliphatic carbocycles. The van der Waals surface area contributed by atoms with Gasteiger partial charge in [-0.3, -0.25) is 20.4 Å². The molecule has 2 aromatic carbocycles. The summed E-state index contributed by atoms with van der Waals surface area (Å²) in [6.45, 7) is 3.79. The average molecular weight is 431 g/mol. The lowest BCUT2D eigenvalue weighted by molar-refractivity contribution is 0.0525. The Bertz CT molecular complexity index is 1300. The van der Waals surface area contributed by atoms with Crippen LogP contribution >= 0.6 is 0 Å². The second kappa shape index (κ2) is 8.76. The van der Waals surface area contributed by atoms with Crippen molar-refractivity contribution in [3.63, 3.8) is 0 Å². The number of aromatic nitrogens is 3. The number of ether oxygens (including phenoxy) is 1. The topological polar surface area (TPSA) is 118 Å². The van der Waals surface area contributed by atoms with Crippen LogP contribution in [0.2, 0.25) is 0 Å². The number of esters is 1. The van der Waals surface area contributed by atoms with Crippen LogP contribution in [-0.2, 0) is 4.74 Å². The molecule has 0 atom stereocenters. The molecule has 0 fully saturated rings. The highest BCUT2D eigenvalue weighted by Gasteiger charge is 2.17. The third-order valence-electron chi connectivity index (χ3n) is 5.00. The minimum atomic E-state index is -0.464. The van der Waals surface area contributed by atoms with Gasteiger partial charge in [-0.15, -0.1) is 0 Å². The molecule has 0 saturated carbocycles. The smallest absolute Gasteiger partial charge is 0.341 e. The zero-order valence-corrected chi connectivity index (χ0v) is 17.5. The zero-order chi connectivity index (χ0) is 22.7. The van der Waals surface area contributed by atoms with Crippen molar-refractivity contribution in [2.75, 3.05) is 6.61 Å². The van der Waals surface area contributed by atoms with Gasteiger partial charge in [0.1, 0.15) is 5.56 Å². The third kappa shape index (κ3) is 3.95. The monoisotopic (exact) mass is 431 g/mol. The summed E-state index contributed by atoms with van der Waals surface area (Å²) in [7, 11) is 0. The van der Waals surface area contributed by atoms with Gasteiger partial charge in [-0.25, -0.2) is 9.48 Å². The summed E-state index contributed by atoms with van der Waals surface area (Å²) in [4.78, 5) is 39.9. The molecule has 9 nitrogen and oxygen atoms in total. The van der Waals surface area contributed by atoms with Crippen LogP contribution in [0.25, 0.3) is 16.6 Å². The van der Waals surface area contributed by atoms with Crippen LogP contribution in [0.4, 0.5) is 0 Å². The van der Waals surface area contributed by atoms with Crippen molar-refractivity contribution in [2.24, 2.45) is 0 Å². The van der Waals surface area contributed by atoms with Gasteiger partial charge in [-0.2, -0.15) is 5.10 Å². The van der Waals surface area contributed by atoms with E-state index < -0.39 is 17.8 Å². The molecule has 2 aromatic heterocycles. The molecule has 32 heavy (non-hydrogen) atoms. The molecular weight excluding hydrogens is 410 g/mol. The van der Waals surface area contributed by atoms with Gasteiger partial charge in [0.05, 0.1) is 29.7 Å². The Labute approximate surface area is 183 Å². The highest BCUT2D eigenvalue weighted by atomic mass is 16.5. The van der Waals surface area contributed by atoms with Crippen LogP contribution in [0, 0.1) is 6.92 Å². The minimum Gasteiger partial charge on any atom is -0.462 e. The molecule has 162 valence electrons. The molecule has 4 rings (SSSR count). The number of hydrogen-bond donors (Lipinski definition) is 3. The average Bonchev–Trinajstić information content (AvgIpc) is 3.41. The van der Waals surface area contributed by atoms with Gasteiger partial charge in [-0.05, 0) is 44.2 Å². The van der Waals surface area contributed by atoms with E-state index in [-0.39, 0.29) is 6.61 Å². The maximum atomic E-state index is 12.4. The Balaban J connectivity index is 1.42. The highest BCUT2D eigenvalue weighted by molar-refractivity contribution is 6.07. The maximum absolute atomic E-state index is 12.4. The minimum absolute atomic E-state index is 0.282. The second-order valence-electron chi connectivity index (χ2n) is 6.98. The number of carbonyl (C=O) groups is 3. The van der Waals surface area contributed by atoms with Crippen LogP contribution in [0.15, 0.2) is 60.9 Å². The number of carbonyl (C=O) groups excluding carboxylic acids is 3. The van der Waals surface area contributed by atoms with E-state index in [1.165, 1.54) is 6.20 Å². The van der Waals surface area contributed by atoms with Gasteiger partial charge >= 0.3 is 5.97 Å². The molecule has 2 heterocycles. The van der Waals surface area contributed by atoms with Crippen molar-refractivity contribution in [3.8, 4) is 5.69 Å². The number of hydrazine groups is 1. The normalized spacial score (nSPS) is 10.7. The van der Waals surface area contributed by atoms with Crippen molar-refractivity contribution in [3.05, 3.63) is 83.3 Å². The molecule has 3 N–H and O–H groups in total. The summed E-state index contributed by atoms with van der Waals surface area (Å²) in [6, 6.07) is 14.0. The van der Waals surface area contributed by atoms with Crippen LogP contribution in [0.5, 0.6) is 0 Å². The summed E-state index contributed by atoms with van der Waals surface area (Å²) in [5, 5.41) is 5.00. The number of nitrogens with one attached hydrogen (secondary N) is 3. The Morgan fingerprint density at radius 3 is 2.47 bits per heavy atom. The van der Waals surface area contributed by atoms with E-state index in [2.05, 4.69) is 20.9 Å². The summed E-state index contributed by atoms with van der Waals surface area (Å²) >= 11 is 0. The summed E-state index contributed by atoms with van der Waals surface area (Å²) < 4.78 is 6.61. The quantitative estimate of drug-likeness (QED) is 0.332. The molecule has 0 aliphatic heterocycles. The number of para-hydroxylation sites is 1. The number of benzene rings is 2. The Morgan fingerprint density at radius 1 is 1.00 bits per heavy atom. The van der Waals surface area contributed by atoms with E-state index in [9.17, 15) is 14.4 Å². The molecule has 0 bridgehead atoms.